The molecule has 1 aromatic rings. The number of piperazine rings is 1. The number of rotatable bonds is 12. The van der Waals surface area contributed by atoms with Crippen LogP contribution >= 0.6 is 23.5 Å². The number of hydrogen-bond acceptors (Lipinski definition) is 9. The molecule has 2 heterocycles. The molecular weight excluding hydrogens is 553 g/mol. The van der Waals surface area contributed by atoms with Gasteiger partial charge in [-0.2, -0.15) is 15.0 Å². The van der Waals surface area contributed by atoms with E-state index in [4.69, 9.17) is 16.4 Å². The number of nitrogens with zero attached hydrogens (tertiary/aromatic N) is 6. The lowest BCUT2D eigenvalue weighted by atomic mass is 10.3. The van der Waals surface area contributed by atoms with E-state index in [0.29, 0.717) is 53.6 Å². The topological polar surface area (TPSA) is 98.6 Å². The number of hydrogen-bond donors (Lipinski definition) is 2. The molecule has 0 aliphatic carbocycles. The second-order valence-corrected chi connectivity index (χ2v) is 10.7. The van der Waals surface area contributed by atoms with E-state index in [2.05, 4.69) is 68.4 Å². The Kier molecular flexibility index (Phi) is 15.8. The van der Waals surface area contributed by atoms with Crippen molar-refractivity contribution in [1.82, 2.24) is 25.2 Å². The molecule has 0 bridgehead atoms. The predicted molar refractivity (Wildman–Crippen MR) is 175 cm³/mol. The highest BCUT2D eigenvalue weighted by atomic mass is 32.2. The van der Waals surface area contributed by atoms with Gasteiger partial charge in [0.2, 0.25) is 17.8 Å². The van der Waals surface area contributed by atoms with Crippen molar-refractivity contribution in [1.29, 1.82) is 0 Å². The second kappa shape index (κ2) is 19.3. The fraction of sp³-hybridized carbons (Fsp3) is 0.367. The van der Waals surface area contributed by atoms with Crippen molar-refractivity contribution >= 4 is 46.5 Å². The van der Waals surface area contributed by atoms with Crippen LogP contribution in [0.3, 0.4) is 0 Å². The number of carbonyl (C=O) groups excluding carboxylic acids is 1. The molecule has 0 unspecified atom stereocenters. The third-order valence-electron chi connectivity index (χ3n) is 5.45. The number of carbonyl (C=O) groups is 1. The van der Waals surface area contributed by atoms with Crippen molar-refractivity contribution in [2.45, 2.75) is 37.8 Å². The first-order valence-corrected chi connectivity index (χ1v) is 14.9. The van der Waals surface area contributed by atoms with Gasteiger partial charge in [-0.25, -0.2) is 0 Å². The Labute approximate surface area is 252 Å². The van der Waals surface area contributed by atoms with Crippen LogP contribution in [0.2, 0.25) is 0 Å². The lowest BCUT2D eigenvalue weighted by molar-refractivity contribution is -0.120. The Morgan fingerprint density at radius 2 is 2.00 bits per heavy atom. The molecule has 216 valence electrons. The van der Waals surface area contributed by atoms with E-state index in [1.807, 2.05) is 23.6 Å². The average Bonchev–Trinajstić information content (AvgIpc) is 2.98. The van der Waals surface area contributed by atoms with Crippen LogP contribution in [0.5, 0.6) is 0 Å². The molecular formula is C30H38N8OS2. The van der Waals surface area contributed by atoms with Crippen molar-refractivity contribution < 1.29 is 4.79 Å². The molecule has 1 fully saturated rings. The first-order chi connectivity index (χ1) is 19.9. The number of amidine groups is 1. The molecule has 2 N–H and O–H groups in total. The number of unbranched alkanes of at least 4 members (excludes halogenated alkanes) is 1. The first kappa shape index (κ1) is 33.4. The van der Waals surface area contributed by atoms with Crippen molar-refractivity contribution in [3.63, 3.8) is 0 Å². The maximum absolute atomic E-state index is 11.7. The summed E-state index contributed by atoms with van der Waals surface area (Å²) in [5.41, 5.74) is 0.622. The average molecular weight is 591 g/mol. The maximum atomic E-state index is 11.7. The summed E-state index contributed by atoms with van der Waals surface area (Å²) in [6.07, 6.45) is 16.6. The summed E-state index contributed by atoms with van der Waals surface area (Å²) in [5, 5.41) is 9.02. The van der Waals surface area contributed by atoms with Gasteiger partial charge >= 0.3 is 0 Å². The third kappa shape index (κ3) is 13.4. The number of likely N-dealkylation sites (N-methyl/N-ethyl adjacent to an activating group) is 1. The van der Waals surface area contributed by atoms with Crippen LogP contribution in [0.4, 0.5) is 11.9 Å². The second-order valence-electron chi connectivity index (χ2n) is 8.63. The van der Waals surface area contributed by atoms with E-state index in [1.165, 1.54) is 23.5 Å². The minimum atomic E-state index is -0.0723. The normalized spacial score (nSPS) is 14.4. The standard InChI is InChI=1S/C30H38N8OS2/c1-7-10-11-12-13-14-15-17-24(4)41-29(31-5)34-27-33-28(38-21-19-37(6)20-22-38)36-30(35-27)40-23-16-18-25(8-2)32-26(39)9-3/h1,8,14-16,18,23H,2,4,9-11,17,19-22H2,3,5-6H3,(H,32,39)(H,31,33,34,35,36)/b15-14-,23-16+,25-18+. The Balaban J connectivity index is 2.14. The van der Waals surface area contributed by atoms with Gasteiger partial charge in [0.15, 0.2) is 10.3 Å². The molecule has 1 saturated heterocycles. The van der Waals surface area contributed by atoms with Gasteiger partial charge in [-0.05, 0) is 42.0 Å². The number of thioether (sulfide) groups is 2. The summed E-state index contributed by atoms with van der Waals surface area (Å²) in [4.78, 5) is 35.4. The summed E-state index contributed by atoms with van der Waals surface area (Å²) in [6.45, 7) is 13.2. The zero-order valence-corrected chi connectivity index (χ0v) is 25.7. The van der Waals surface area contributed by atoms with Gasteiger partial charge in [-0.1, -0.05) is 67.6 Å². The highest BCUT2D eigenvalue weighted by Gasteiger charge is 2.19. The van der Waals surface area contributed by atoms with Crippen LogP contribution in [0.15, 0.2) is 69.7 Å². The van der Waals surface area contributed by atoms with Gasteiger partial charge in [0.1, 0.15) is 0 Å². The van der Waals surface area contributed by atoms with Crippen LogP contribution in [0.25, 0.3) is 0 Å². The quantitative estimate of drug-likeness (QED) is 0.0886. The maximum Gasteiger partial charge on any atom is 0.234 e. The van der Waals surface area contributed by atoms with E-state index in [0.717, 1.165) is 31.1 Å². The summed E-state index contributed by atoms with van der Waals surface area (Å²) in [6, 6.07) is 0. The Bertz CT molecular complexity index is 1280. The summed E-state index contributed by atoms with van der Waals surface area (Å²) >= 11 is 2.77. The van der Waals surface area contributed by atoms with E-state index in [1.54, 1.807) is 26.1 Å². The fourth-order valence-corrected chi connectivity index (χ4v) is 4.41. The number of aliphatic imine (C=N–C) groups is 1. The summed E-state index contributed by atoms with van der Waals surface area (Å²) < 4.78 is 0. The molecule has 11 heteroatoms. The number of anilines is 2. The molecule has 2 rings (SSSR count). The highest BCUT2D eigenvalue weighted by molar-refractivity contribution is 8.17. The van der Waals surface area contributed by atoms with Crippen LogP contribution in [-0.2, 0) is 4.79 Å². The Hall–Kier alpha value is -3.77. The Morgan fingerprint density at radius 1 is 1.22 bits per heavy atom. The molecule has 1 aromatic heterocycles. The molecule has 1 aliphatic heterocycles. The van der Waals surface area contributed by atoms with Gasteiger partial charge in [0.25, 0.3) is 0 Å². The molecule has 9 nitrogen and oxygen atoms in total. The smallest absolute Gasteiger partial charge is 0.234 e. The van der Waals surface area contributed by atoms with Crippen molar-refractivity contribution in [2.75, 3.05) is 50.5 Å². The minimum absolute atomic E-state index is 0.0723. The van der Waals surface area contributed by atoms with E-state index in [9.17, 15) is 4.79 Å². The van der Waals surface area contributed by atoms with E-state index >= 15 is 0 Å². The molecule has 0 aromatic carbocycles. The molecule has 1 amide bonds. The zero-order chi connectivity index (χ0) is 29.9. The Morgan fingerprint density at radius 3 is 2.68 bits per heavy atom. The van der Waals surface area contributed by atoms with Gasteiger partial charge in [0.05, 0.1) is 0 Å². The van der Waals surface area contributed by atoms with Crippen molar-refractivity contribution in [3.05, 3.63) is 59.5 Å². The fourth-order valence-electron chi connectivity index (χ4n) is 3.17. The lowest BCUT2D eigenvalue weighted by Gasteiger charge is -2.32. The van der Waals surface area contributed by atoms with Crippen LogP contribution in [0, 0.1) is 24.2 Å². The molecule has 0 radical (unpaired) electrons. The van der Waals surface area contributed by atoms with Gasteiger partial charge in [-0.3, -0.25) is 9.79 Å². The first-order valence-electron chi connectivity index (χ1n) is 13.2. The summed E-state index contributed by atoms with van der Waals surface area (Å²) in [5.74, 6) is 9.50. The molecule has 1 aliphatic rings. The molecule has 41 heavy (non-hydrogen) atoms. The number of aromatic nitrogens is 3. The highest BCUT2D eigenvalue weighted by Crippen LogP contribution is 2.24. The molecule has 0 spiro atoms. The van der Waals surface area contributed by atoms with Gasteiger partial charge in [0, 0.05) is 58.2 Å². The van der Waals surface area contributed by atoms with Crippen LogP contribution < -0.4 is 15.5 Å². The number of allylic oxidation sites excluding steroid dienone is 6. The van der Waals surface area contributed by atoms with Crippen molar-refractivity contribution in [3.8, 4) is 24.2 Å². The predicted octanol–water partition coefficient (Wildman–Crippen LogP) is 4.83. The zero-order valence-electron chi connectivity index (χ0n) is 24.0. The van der Waals surface area contributed by atoms with Crippen LogP contribution in [0.1, 0.15) is 32.6 Å². The molecule has 0 saturated carbocycles. The monoisotopic (exact) mass is 590 g/mol. The minimum Gasteiger partial charge on any atom is -0.338 e. The summed E-state index contributed by atoms with van der Waals surface area (Å²) in [7, 11) is 3.81. The number of nitrogens with one attached hydrogen (secondary N) is 2. The third-order valence-corrected chi connectivity index (χ3v) is 7.07. The van der Waals surface area contributed by atoms with E-state index in [-0.39, 0.29) is 5.91 Å². The molecule has 0 atom stereocenters. The van der Waals surface area contributed by atoms with Gasteiger partial charge in [-0.15, -0.1) is 12.3 Å². The largest absolute Gasteiger partial charge is 0.338 e. The van der Waals surface area contributed by atoms with E-state index < -0.39 is 0 Å². The number of terminal acetylenes is 1. The van der Waals surface area contributed by atoms with Crippen LogP contribution in [-0.4, -0.2) is 71.2 Å². The SMILES string of the molecule is C#CCCC#C/C=C\CC(=C)SC(=NC)Nc1nc(S/C=C/C=C(\C=C)NC(=O)CC)nc(N2CCN(C)CC2)n1. The van der Waals surface area contributed by atoms with Crippen molar-refractivity contribution in [2.24, 2.45) is 4.99 Å². The van der Waals surface area contributed by atoms with Gasteiger partial charge < -0.3 is 20.4 Å². The lowest BCUT2D eigenvalue weighted by Crippen LogP contribution is -2.45. The number of amides is 1.